The van der Waals surface area contributed by atoms with Gasteiger partial charge in [-0.05, 0) is 36.4 Å². The summed E-state index contributed by atoms with van der Waals surface area (Å²) in [6.07, 6.45) is 1.78. The first-order chi connectivity index (χ1) is 9.74. The average molecular weight is 266 g/mol. The molecule has 0 bridgehead atoms. The molecule has 2 N–H and O–H groups in total. The lowest BCUT2D eigenvalue weighted by atomic mass is 10.2. The maximum Gasteiger partial charge on any atom is 0.189 e. The SMILES string of the molecule is O=c1ccn(CNc2ccc(O)cc2)c2ccccc12. The molecule has 4 heteroatoms. The first kappa shape index (κ1) is 12.3. The van der Waals surface area contributed by atoms with E-state index in [1.54, 1.807) is 36.5 Å². The number of aromatic hydroxyl groups is 1. The van der Waals surface area contributed by atoms with Crippen molar-refractivity contribution in [3.05, 3.63) is 71.0 Å². The van der Waals surface area contributed by atoms with Gasteiger partial charge in [0.05, 0.1) is 12.2 Å². The second-order valence-corrected chi connectivity index (χ2v) is 4.55. The minimum atomic E-state index is 0.0292. The van der Waals surface area contributed by atoms with Gasteiger partial charge in [0.2, 0.25) is 0 Å². The summed E-state index contributed by atoms with van der Waals surface area (Å²) in [7, 11) is 0. The molecule has 0 aliphatic heterocycles. The Hall–Kier alpha value is -2.75. The molecule has 3 aromatic rings. The van der Waals surface area contributed by atoms with Crippen molar-refractivity contribution >= 4 is 16.6 Å². The number of phenolic OH excluding ortho intramolecular Hbond substituents is 1. The molecular weight excluding hydrogens is 252 g/mol. The van der Waals surface area contributed by atoms with E-state index in [0.29, 0.717) is 12.1 Å². The first-order valence-electron chi connectivity index (χ1n) is 6.35. The third-order valence-electron chi connectivity index (χ3n) is 3.21. The van der Waals surface area contributed by atoms with Crippen molar-refractivity contribution in [2.24, 2.45) is 0 Å². The number of hydrogen-bond acceptors (Lipinski definition) is 3. The van der Waals surface area contributed by atoms with Crippen molar-refractivity contribution in [1.29, 1.82) is 0 Å². The fourth-order valence-corrected chi connectivity index (χ4v) is 2.15. The van der Waals surface area contributed by atoms with Crippen LogP contribution in [0, 0.1) is 0 Å². The molecule has 0 fully saturated rings. The van der Waals surface area contributed by atoms with E-state index in [2.05, 4.69) is 5.32 Å². The molecule has 4 nitrogen and oxygen atoms in total. The summed E-state index contributed by atoms with van der Waals surface area (Å²) in [6, 6.07) is 16.0. The smallest absolute Gasteiger partial charge is 0.189 e. The van der Waals surface area contributed by atoms with Crippen molar-refractivity contribution in [3.63, 3.8) is 0 Å². The molecule has 0 atom stereocenters. The highest BCUT2D eigenvalue weighted by molar-refractivity contribution is 5.78. The highest BCUT2D eigenvalue weighted by atomic mass is 16.3. The number of para-hydroxylation sites is 1. The molecular formula is C16H14N2O2. The maximum absolute atomic E-state index is 11.8. The Morgan fingerprint density at radius 3 is 2.55 bits per heavy atom. The molecule has 1 aromatic heterocycles. The Bertz CT molecular complexity index is 791. The predicted octanol–water partition coefficient (Wildman–Crippen LogP) is 2.78. The second-order valence-electron chi connectivity index (χ2n) is 4.55. The average Bonchev–Trinajstić information content (AvgIpc) is 2.49. The highest BCUT2D eigenvalue weighted by Gasteiger charge is 2.01. The van der Waals surface area contributed by atoms with Crippen molar-refractivity contribution in [3.8, 4) is 5.75 Å². The summed E-state index contributed by atoms with van der Waals surface area (Å²) in [6.45, 7) is 0.547. The molecule has 1 heterocycles. The molecule has 0 amide bonds. The van der Waals surface area contributed by atoms with Gasteiger partial charge in [0.15, 0.2) is 5.43 Å². The fourth-order valence-electron chi connectivity index (χ4n) is 2.15. The monoisotopic (exact) mass is 266 g/mol. The molecule has 0 aliphatic carbocycles. The van der Waals surface area contributed by atoms with Crippen molar-refractivity contribution in [2.75, 3.05) is 5.32 Å². The van der Waals surface area contributed by atoms with Crippen LogP contribution in [0.2, 0.25) is 0 Å². The predicted molar refractivity (Wildman–Crippen MR) is 79.9 cm³/mol. The third-order valence-corrected chi connectivity index (χ3v) is 3.21. The lowest BCUT2D eigenvalue weighted by Gasteiger charge is -2.12. The Morgan fingerprint density at radius 1 is 1.00 bits per heavy atom. The van der Waals surface area contributed by atoms with E-state index in [0.717, 1.165) is 11.2 Å². The number of nitrogens with zero attached hydrogens (tertiary/aromatic N) is 1. The normalized spacial score (nSPS) is 10.6. The third kappa shape index (κ3) is 2.36. The van der Waals surface area contributed by atoms with Gasteiger partial charge in [-0.3, -0.25) is 4.79 Å². The van der Waals surface area contributed by atoms with Crippen LogP contribution < -0.4 is 10.7 Å². The molecule has 100 valence electrons. The van der Waals surface area contributed by atoms with Crippen LogP contribution in [0.3, 0.4) is 0 Å². The van der Waals surface area contributed by atoms with Gasteiger partial charge in [-0.15, -0.1) is 0 Å². The molecule has 20 heavy (non-hydrogen) atoms. The van der Waals surface area contributed by atoms with E-state index in [1.807, 2.05) is 28.8 Å². The number of rotatable bonds is 3. The number of benzene rings is 2. The number of pyridine rings is 1. The molecule has 3 rings (SSSR count). The van der Waals surface area contributed by atoms with Gasteiger partial charge >= 0.3 is 0 Å². The fraction of sp³-hybridized carbons (Fsp3) is 0.0625. The molecule has 0 aliphatic rings. The zero-order chi connectivity index (χ0) is 13.9. The van der Waals surface area contributed by atoms with Gasteiger partial charge in [-0.1, -0.05) is 12.1 Å². The van der Waals surface area contributed by atoms with Gasteiger partial charge in [-0.2, -0.15) is 0 Å². The molecule has 0 saturated heterocycles. The van der Waals surface area contributed by atoms with Crippen LogP contribution in [0.4, 0.5) is 5.69 Å². The van der Waals surface area contributed by atoms with Crippen LogP contribution >= 0.6 is 0 Å². The maximum atomic E-state index is 11.8. The summed E-state index contributed by atoms with van der Waals surface area (Å²) in [5.41, 5.74) is 1.83. The van der Waals surface area contributed by atoms with Crippen LogP contribution in [-0.4, -0.2) is 9.67 Å². The number of phenols is 1. The first-order valence-corrected chi connectivity index (χ1v) is 6.35. The van der Waals surface area contributed by atoms with Gasteiger partial charge in [0, 0.05) is 23.3 Å². The van der Waals surface area contributed by atoms with Gasteiger partial charge < -0.3 is 15.0 Å². The zero-order valence-corrected chi connectivity index (χ0v) is 10.8. The number of fused-ring (bicyclic) bond motifs is 1. The van der Waals surface area contributed by atoms with E-state index in [1.165, 1.54) is 0 Å². The van der Waals surface area contributed by atoms with Gasteiger partial charge in [-0.25, -0.2) is 0 Å². The Kier molecular flexibility index (Phi) is 3.13. The lowest BCUT2D eigenvalue weighted by Crippen LogP contribution is -2.12. The highest BCUT2D eigenvalue weighted by Crippen LogP contribution is 2.15. The number of anilines is 1. The summed E-state index contributed by atoms with van der Waals surface area (Å²) in [4.78, 5) is 11.8. The minimum Gasteiger partial charge on any atom is -0.508 e. The van der Waals surface area contributed by atoms with Crippen molar-refractivity contribution < 1.29 is 5.11 Å². The van der Waals surface area contributed by atoms with E-state index >= 15 is 0 Å². The Morgan fingerprint density at radius 2 is 1.75 bits per heavy atom. The van der Waals surface area contributed by atoms with Crippen LogP contribution in [0.25, 0.3) is 10.9 Å². The summed E-state index contributed by atoms with van der Waals surface area (Å²) in [5, 5.41) is 13.2. The Balaban J connectivity index is 1.90. The van der Waals surface area contributed by atoms with Crippen LogP contribution in [0.1, 0.15) is 0 Å². The Labute approximate surface area is 115 Å². The largest absolute Gasteiger partial charge is 0.508 e. The molecule has 2 aromatic carbocycles. The number of hydrogen-bond donors (Lipinski definition) is 2. The van der Waals surface area contributed by atoms with Gasteiger partial charge in [0.1, 0.15) is 5.75 Å². The van der Waals surface area contributed by atoms with Crippen molar-refractivity contribution in [2.45, 2.75) is 6.67 Å². The quantitative estimate of drug-likeness (QED) is 0.717. The van der Waals surface area contributed by atoms with E-state index in [9.17, 15) is 9.90 Å². The topological polar surface area (TPSA) is 54.3 Å². The van der Waals surface area contributed by atoms with Crippen LogP contribution in [0.15, 0.2) is 65.6 Å². The standard InChI is InChI=1S/C16H14N2O2/c19-13-7-5-12(6-8-13)17-11-18-10-9-16(20)14-3-1-2-4-15(14)18/h1-10,17,19H,11H2. The molecule has 0 spiro atoms. The van der Waals surface area contributed by atoms with Crippen LogP contribution in [-0.2, 0) is 6.67 Å². The van der Waals surface area contributed by atoms with Crippen molar-refractivity contribution in [1.82, 2.24) is 4.57 Å². The summed E-state index contributed by atoms with van der Waals surface area (Å²) in [5.74, 6) is 0.240. The molecule has 0 unspecified atom stereocenters. The second kappa shape index (κ2) is 5.09. The van der Waals surface area contributed by atoms with Crippen LogP contribution in [0.5, 0.6) is 5.75 Å². The summed E-state index contributed by atoms with van der Waals surface area (Å²) < 4.78 is 1.98. The summed E-state index contributed by atoms with van der Waals surface area (Å²) >= 11 is 0. The van der Waals surface area contributed by atoms with E-state index < -0.39 is 0 Å². The van der Waals surface area contributed by atoms with E-state index in [4.69, 9.17) is 0 Å². The van der Waals surface area contributed by atoms with Gasteiger partial charge in [0.25, 0.3) is 0 Å². The molecule has 0 saturated carbocycles. The number of aromatic nitrogens is 1. The lowest BCUT2D eigenvalue weighted by molar-refractivity contribution is 0.475. The minimum absolute atomic E-state index is 0.0292. The molecule has 0 radical (unpaired) electrons. The zero-order valence-electron chi connectivity index (χ0n) is 10.8. The number of nitrogens with one attached hydrogen (secondary N) is 1. The van der Waals surface area contributed by atoms with E-state index in [-0.39, 0.29) is 11.2 Å².